The minimum absolute atomic E-state index is 0.266. The predicted octanol–water partition coefficient (Wildman–Crippen LogP) is 3.55. The summed E-state index contributed by atoms with van der Waals surface area (Å²) >= 11 is 0. The summed E-state index contributed by atoms with van der Waals surface area (Å²) in [4.78, 5) is 11.6. The molecule has 24 heavy (non-hydrogen) atoms. The van der Waals surface area contributed by atoms with Crippen molar-refractivity contribution in [1.82, 2.24) is 5.32 Å². The van der Waals surface area contributed by atoms with E-state index in [2.05, 4.69) is 17.2 Å². The minimum atomic E-state index is -0.430. The van der Waals surface area contributed by atoms with E-state index in [1.165, 1.54) is 0 Å². The van der Waals surface area contributed by atoms with Gasteiger partial charge in [-0.3, -0.25) is 0 Å². The number of benzene rings is 2. The second kappa shape index (κ2) is 8.64. The Morgan fingerprint density at radius 2 is 1.88 bits per heavy atom. The molecule has 0 fully saturated rings. The number of alkyl carbamates (subject to hydrolysis) is 1. The number of nitrogens with one attached hydrogen (secondary N) is 1. The Morgan fingerprint density at radius 1 is 1.12 bits per heavy atom. The Bertz CT molecular complexity index is 758. The first-order chi connectivity index (χ1) is 11.6. The molecule has 1 amide bonds. The molecule has 0 unspecified atom stereocenters. The number of nitrogen functional groups attached to an aromatic ring is 1. The summed E-state index contributed by atoms with van der Waals surface area (Å²) in [6.45, 7) is 4.71. The van der Waals surface area contributed by atoms with Gasteiger partial charge in [-0.15, -0.1) is 0 Å². The van der Waals surface area contributed by atoms with Crippen molar-refractivity contribution in [2.75, 3.05) is 12.3 Å². The van der Waals surface area contributed by atoms with Gasteiger partial charge in [-0.1, -0.05) is 42.2 Å². The smallest absolute Gasteiger partial charge is 0.407 e. The summed E-state index contributed by atoms with van der Waals surface area (Å²) in [5.74, 6) is 6.17. The average molecular weight is 322 g/mol. The van der Waals surface area contributed by atoms with E-state index in [0.717, 1.165) is 27.9 Å². The summed E-state index contributed by atoms with van der Waals surface area (Å²) in [7, 11) is 0. The zero-order chi connectivity index (χ0) is 17.4. The molecule has 0 saturated heterocycles. The molecule has 4 nitrogen and oxygen atoms in total. The van der Waals surface area contributed by atoms with Gasteiger partial charge in [0.1, 0.15) is 6.61 Å². The van der Waals surface area contributed by atoms with Crippen LogP contribution in [0.5, 0.6) is 0 Å². The number of hydrogen-bond acceptors (Lipinski definition) is 3. The van der Waals surface area contributed by atoms with Gasteiger partial charge in [0.05, 0.1) is 0 Å². The molecule has 0 atom stereocenters. The summed E-state index contributed by atoms with van der Waals surface area (Å²) in [6, 6.07) is 13.4. The monoisotopic (exact) mass is 322 g/mol. The summed E-state index contributed by atoms with van der Waals surface area (Å²) in [5, 5.41) is 2.69. The van der Waals surface area contributed by atoms with Crippen LogP contribution in [0.2, 0.25) is 0 Å². The van der Waals surface area contributed by atoms with E-state index in [1.807, 2.05) is 56.3 Å². The number of ether oxygens (including phenoxy) is 1. The molecule has 0 aliphatic rings. The van der Waals surface area contributed by atoms with Crippen LogP contribution in [0.1, 0.15) is 28.7 Å². The van der Waals surface area contributed by atoms with Crippen LogP contribution in [0.3, 0.4) is 0 Å². The van der Waals surface area contributed by atoms with Crippen LogP contribution in [0, 0.1) is 25.7 Å². The summed E-state index contributed by atoms with van der Waals surface area (Å²) < 4.78 is 5.13. The maximum absolute atomic E-state index is 11.6. The molecule has 2 rings (SSSR count). The van der Waals surface area contributed by atoms with Gasteiger partial charge in [0, 0.05) is 24.2 Å². The highest BCUT2D eigenvalue weighted by Gasteiger charge is 2.02. The van der Waals surface area contributed by atoms with Crippen LogP contribution in [-0.4, -0.2) is 12.6 Å². The molecule has 3 N–H and O–H groups in total. The van der Waals surface area contributed by atoms with Crippen LogP contribution in [-0.2, 0) is 11.3 Å². The Morgan fingerprint density at radius 3 is 2.62 bits per heavy atom. The van der Waals surface area contributed by atoms with E-state index in [0.29, 0.717) is 13.0 Å². The molecule has 0 aliphatic carbocycles. The number of carbonyl (C=O) groups excluding carboxylic acids is 1. The zero-order valence-corrected chi connectivity index (χ0v) is 14.1. The van der Waals surface area contributed by atoms with E-state index in [9.17, 15) is 4.79 Å². The quantitative estimate of drug-likeness (QED) is 0.514. The molecule has 0 aliphatic heterocycles. The normalized spacial score (nSPS) is 9.75. The van der Waals surface area contributed by atoms with Crippen LogP contribution in [0.4, 0.5) is 10.5 Å². The largest absolute Gasteiger partial charge is 0.445 e. The minimum Gasteiger partial charge on any atom is -0.445 e. The highest BCUT2D eigenvalue weighted by molar-refractivity contribution is 5.67. The fraction of sp³-hybridized carbons (Fsp3) is 0.250. The van der Waals surface area contributed by atoms with Gasteiger partial charge in [0.25, 0.3) is 0 Å². The van der Waals surface area contributed by atoms with Gasteiger partial charge in [-0.05, 0) is 42.7 Å². The van der Waals surface area contributed by atoms with Crippen LogP contribution in [0.15, 0.2) is 42.5 Å². The lowest BCUT2D eigenvalue weighted by molar-refractivity contribution is 0.140. The molecule has 0 aromatic heterocycles. The van der Waals surface area contributed by atoms with Crippen molar-refractivity contribution in [3.63, 3.8) is 0 Å². The first kappa shape index (κ1) is 17.4. The predicted molar refractivity (Wildman–Crippen MR) is 96.5 cm³/mol. The highest BCUT2D eigenvalue weighted by atomic mass is 16.5. The lowest BCUT2D eigenvalue weighted by Crippen LogP contribution is -2.24. The zero-order valence-electron chi connectivity index (χ0n) is 14.1. The Hall–Kier alpha value is -2.93. The molecule has 2 aromatic rings. The molecule has 124 valence electrons. The molecular weight excluding hydrogens is 300 g/mol. The van der Waals surface area contributed by atoms with E-state index >= 15 is 0 Å². The average Bonchev–Trinajstić information content (AvgIpc) is 2.60. The van der Waals surface area contributed by atoms with Gasteiger partial charge < -0.3 is 15.8 Å². The molecule has 2 aromatic carbocycles. The third-order valence-electron chi connectivity index (χ3n) is 3.78. The van der Waals surface area contributed by atoms with Crippen molar-refractivity contribution in [3.8, 4) is 11.8 Å². The maximum Gasteiger partial charge on any atom is 0.407 e. The van der Waals surface area contributed by atoms with Crippen LogP contribution < -0.4 is 11.1 Å². The maximum atomic E-state index is 11.6. The van der Waals surface area contributed by atoms with E-state index in [4.69, 9.17) is 10.5 Å². The summed E-state index contributed by atoms with van der Waals surface area (Å²) in [5.41, 5.74) is 10.7. The standard InChI is InChI=1S/C20H22N2O2/c1-15-16(2)19(21)12-11-18(15)10-6-7-13-22-20(23)24-14-17-8-4-3-5-9-17/h3-5,8-9,11-12H,7,13-14,21H2,1-2H3,(H,22,23). The third-order valence-corrected chi connectivity index (χ3v) is 3.78. The van der Waals surface area contributed by atoms with E-state index < -0.39 is 6.09 Å². The number of hydrogen-bond donors (Lipinski definition) is 2. The lowest BCUT2D eigenvalue weighted by atomic mass is 10.0. The van der Waals surface area contributed by atoms with Crippen molar-refractivity contribution >= 4 is 11.8 Å². The van der Waals surface area contributed by atoms with Gasteiger partial charge >= 0.3 is 6.09 Å². The number of amides is 1. The van der Waals surface area contributed by atoms with E-state index in [1.54, 1.807) is 0 Å². The van der Waals surface area contributed by atoms with Crippen molar-refractivity contribution in [1.29, 1.82) is 0 Å². The number of anilines is 1. The number of nitrogens with two attached hydrogens (primary N) is 1. The Balaban J connectivity index is 1.73. The van der Waals surface area contributed by atoms with Crippen molar-refractivity contribution < 1.29 is 9.53 Å². The first-order valence-corrected chi connectivity index (χ1v) is 7.87. The first-order valence-electron chi connectivity index (χ1n) is 7.87. The van der Waals surface area contributed by atoms with Crippen molar-refractivity contribution in [2.24, 2.45) is 0 Å². The van der Waals surface area contributed by atoms with Crippen LogP contribution in [0.25, 0.3) is 0 Å². The van der Waals surface area contributed by atoms with Gasteiger partial charge in [0.15, 0.2) is 0 Å². The fourth-order valence-corrected chi connectivity index (χ4v) is 2.14. The summed E-state index contributed by atoms with van der Waals surface area (Å²) in [6.07, 6.45) is 0.128. The lowest BCUT2D eigenvalue weighted by Gasteiger charge is -2.06. The SMILES string of the molecule is Cc1c(N)ccc(C#CCCNC(=O)OCc2ccccc2)c1C. The van der Waals surface area contributed by atoms with Gasteiger partial charge in [0.2, 0.25) is 0 Å². The molecule has 0 radical (unpaired) electrons. The highest BCUT2D eigenvalue weighted by Crippen LogP contribution is 2.18. The fourth-order valence-electron chi connectivity index (χ4n) is 2.14. The molecule has 0 spiro atoms. The molecule has 0 bridgehead atoms. The third kappa shape index (κ3) is 5.06. The second-order valence-electron chi connectivity index (χ2n) is 5.49. The van der Waals surface area contributed by atoms with Crippen molar-refractivity contribution in [3.05, 3.63) is 64.7 Å². The number of rotatable bonds is 4. The molecule has 4 heteroatoms. The number of carbonyl (C=O) groups is 1. The molecule has 0 heterocycles. The second-order valence-corrected chi connectivity index (χ2v) is 5.49. The molecule has 0 saturated carbocycles. The van der Waals surface area contributed by atoms with Crippen LogP contribution >= 0.6 is 0 Å². The van der Waals surface area contributed by atoms with E-state index in [-0.39, 0.29) is 6.61 Å². The Kier molecular flexibility index (Phi) is 6.27. The van der Waals surface area contributed by atoms with Gasteiger partial charge in [-0.2, -0.15) is 0 Å². The molecular formula is C20H22N2O2. The van der Waals surface area contributed by atoms with Gasteiger partial charge in [-0.25, -0.2) is 4.79 Å². The van der Waals surface area contributed by atoms with Crippen molar-refractivity contribution in [2.45, 2.75) is 26.9 Å². The Labute approximate surface area is 143 Å². The topological polar surface area (TPSA) is 64.3 Å².